The summed E-state index contributed by atoms with van der Waals surface area (Å²) in [5, 5.41) is 16.3. The smallest absolute Gasteiger partial charge is 0.269 e. The molecule has 2 amide bonds. The van der Waals surface area contributed by atoms with Crippen molar-refractivity contribution in [1.29, 1.82) is 0 Å². The average Bonchev–Trinajstić information content (AvgIpc) is 3.40. The van der Waals surface area contributed by atoms with E-state index in [1.54, 1.807) is 24.3 Å². The van der Waals surface area contributed by atoms with Gasteiger partial charge in [-0.1, -0.05) is 12.1 Å². The third-order valence-corrected chi connectivity index (χ3v) is 3.86. The maximum absolute atomic E-state index is 12.1. The van der Waals surface area contributed by atoms with Crippen LogP contribution in [0.25, 0.3) is 0 Å². The van der Waals surface area contributed by atoms with Gasteiger partial charge in [-0.3, -0.25) is 19.7 Å². The molecule has 3 rings (SSSR count). The normalized spacial score (nSPS) is 13.1. The molecule has 2 aromatic rings. The summed E-state index contributed by atoms with van der Waals surface area (Å²) in [5.74, 6) is -0.348. The number of nitrogens with zero attached hydrogens (tertiary/aromatic N) is 1. The van der Waals surface area contributed by atoms with E-state index in [1.165, 1.54) is 24.3 Å². The van der Waals surface area contributed by atoms with Gasteiger partial charge in [-0.15, -0.1) is 0 Å². The fraction of sp³-hybridized carbons (Fsp3) is 0.222. The van der Waals surface area contributed by atoms with Crippen molar-refractivity contribution in [2.45, 2.75) is 25.3 Å². The van der Waals surface area contributed by atoms with E-state index in [1.807, 2.05) is 0 Å². The van der Waals surface area contributed by atoms with Crippen LogP contribution >= 0.6 is 0 Å². The van der Waals surface area contributed by atoms with Crippen molar-refractivity contribution in [3.05, 3.63) is 69.8 Å². The molecule has 0 heterocycles. The molecule has 7 heteroatoms. The average molecular weight is 339 g/mol. The van der Waals surface area contributed by atoms with Crippen LogP contribution in [0.1, 0.15) is 28.8 Å². The number of nitro benzene ring substituents is 1. The summed E-state index contributed by atoms with van der Waals surface area (Å²) in [6.45, 7) is 0. The van der Waals surface area contributed by atoms with Gasteiger partial charge in [-0.2, -0.15) is 0 Å². The van der Waals surface area contributed by atoms with Gasteiger partial charge >= 0.3 is 0 Å². The van der Waals surface area contributed by atoms with Gasteiger partial charge in [0.1, 0.15) is 0 Å². The molecule has 1 saturated carbocycles. The Morgan fingerprint density at radius 2 is 1.68 bits per heavy atom. The number of nitro groups is 1. The topological polar surface area (TPSA) is 101 Å². The van der Waals surface area contributed by atoms with Crippen molar-refractivity contribution in [2.24, 2.45) is 0 Å². The molecule has 2 aromatic carbocycles. The summed E-state index contributed by atoms with van der Waals surface area (Å²) in [6.07, 6.45) is 2.42. The molecule has 0 spiro atoms. The molecule has 0 bridgehead atoms. The molecule has 128 valence electrons. The predicted molar refractivity (Wildman–Crippen MR) is 92.4 cm³/mol. The SMILES string of the molecule is O=C(Cc1ccc(NC(=O)c2ccc([N+](=O)[O-])cc2)cc1)NC1CC1. The largest absolute Gasteiger partial charge is 0.353 e. The number of carbonyl (C=O) groups is 2. The monoisotopic (exact) mass is 339 g/mol. The van der Waals surface area contributed by atoms with Crippen LogP contribution in [0.4, 0.5) is 11.4 Å². The molecule has 1 aliphatic rings. The summed E-state index contributed by atoms with van der Waals surface area (Å²) in [7, 11) is 0. The number of nitrogens with one attached hydrogen (secondary N) is 2. The predicted octanol–water partition coefficient (Wildman–Crippen LogP) is 2.67. The Morgan fingerprint density at radius 3 is 2.24 bits per heavy atom. The van der Waals surface area contributed by atoms with E-state index in [0.29, 0.717) is 23.7 Å². The summed E-state index contributed by atoms with van der Waals surface area (Å²) in [5.41, 5.74) is 1.73. The summed E-state index contributed by atoms with van der Waals surface area (Å²) >= 11 is 0. The van der Waals surface area contributed by atoms with Crippen molar-refractivity contribution in [1.82, 2.24) is 5.32 Å². The first-order valence-corrected chi connectivity index (χ1v) is 7.95. The third-order valence-electron chi connectivity index (χ3n) is 3.86. The van der Waals surface area contributed by atoms with E-state index in [-0.39, 0.29) is 17.5 Å². The van der Waals surface area contributed by atoms with Crippen LogP contribution in [0.15, 0.2) is 48.5 Å². The molecule has 0 radical (unpaired) electrons. The Bertz CT molecular complexity index is 796. The molecular weight excluding hydrogens is 322 g/mol. The van der Waals surface area contributed by atoms with Crippen LogP contribution in [0, 0.1) is 10.1 Å². The lowest BCUT2D eigenvalue weighted by atomic mass is 10.1. The fourth-order valence-electron chi connectivity index (χ4n) is 2.34. The van der Waals surface area contributed by atoms with E-state index >= 15 is 0 Å². The quantitative estimate of drug-likeness (QED) is 0.624. The Hall–Kier alpha value is -3.22. The molecule has 0 aliphatic heterocycles. The number of hydrogen-bond donors (Lipinski definition) is 2. The third kappa shape index (κ3) is 4.63. The number of hydrogen-bond acceptors (Lipinski definition) is 4. The maximum Gasteiger partial charge on any atom is 0.269 e. The van der Waals surface area contributed by atoms with Gasteiger partial charge in [0.05, 0.1) is 11.3 Å². The van der Waals surface area contributed by atoms with Gasteiger partial charge in [0, 0.05) is 29.4 Å². The van der Waals surface area contributed by atoms with Crippen molar-refractivity contribution in [2.75, 3.05) is 5.32 Å². The second-order valence-electron chi connectivity index (χ2n) is 5.97. The number of rotatable bonds is 6. The number of amides is 2. The van der Waals surface area contributed by atoms with Gasteiger partial charge in [0.15, 0.2) is 0 Å². The Morgan fingerprint density at radius 1 is 1.04 bits per heavy atom. The van der Waals surface area contributed by atoms with E-state index in [4.69, 9.17) is 0 Å². The molecule has 0 aromatic heterocycles. The number of carbonyl (C=O) groups excluding carboxylic acids is 2. The van der Waals surface area contributed by atoms with Gasteiger partial charge in [0.2, 0.25) is 5.91 Å². The minimum absolute atomic E-state index is 0.00478. The summed E-state index contributed by atoms with van der Waals surface area (Å²) in [4.78, 5) is 34.0. The highest BCUT2D eigenvalue weighted by molar-refractivity contribution is 6.04. The number of non-ortho nitro benzene ring substituents is 1. The summed E-state index contributed by atoms with van der Waals surface area (Å²) < 4.78 is 0. The van der Waals surface area contributed by atoms with E-state index < -0.39 is 4.92 Å². The van der Waals surface area contributed by atoms with Crippen LogP contribution < -0.4 is 10.6 Å². The van der Waals surface area contributed by atoms with Gasteiger partial charge in [-0.05, 0) is 42.7 Å². The maximum atomic E-state index is 12.1. The second kappa shape index (κ2) is 7.12. The zero-order valence-electron chi connectivity index (χ0n) is 13.4. The highest BCUT2D eigenvalue weighted by atomic mass is 16.6. The molecule has 25 heavy (non-hydrogen) atoms. The van der Waals surface area contributed by atoms with Gasteiger partial charge < -0.3 is 10.6 Å². The molecule has 1 aliphatic carbocycles. The van der Waals surface area contributed by atoms with Crippen molar-refractivity contribution < 1.29 is 14.5 Å². The molecule has 0 atom stereocenters. The zero-order valence-corrected chi connectivity index (χ0v) is 13.4. The van der Waals surface area contributed by atoms with Crippen molar-refractivity contribution in [3.8, 4) is 0 Å². The first-order valence-electron chi connectivity index (χ1n) is 7.95. The molecule has 7 nitrogen and oxygen atoms in total. The fourth-order valence-corrected chi connectivity index (χ4v) is 2.34. The molecular formula is C18H17N3O4. The Labute approximate surface area is 144 Å². The lowest BCUT2D eigenvalue weighted by molar-refractivity contribution is -0.384. The van der Waals surface area contributed by atoms with Crippen LogP contribution in [0.2, 0.25) is 0 Å². The Kier molecular flexibility index (Phi) is 4.74. The van der Waals surface area contributed by atoms with Crippen molar-refractivity contribution in [3.63, 3.8) is 0 Å². The highest BCUT2D eigenvalue weighted by Crippen LogP contribution is 2.19. The zero-order chi connectivity index (χ0) is 17.8. The van der Waals surface area contributed by atoms with Crippen LogP contribution in [0.3, 0.4) is 0 Å². The number of benzene rings is 2. The van der Waals surface area contributed by atoms with Crippen molar-refractivity contribution >= 4 is 23.2 Å². The van der Waals surface area contributed by atoms with E-state index in [2.05, 4.69) is 10.6 Å². The lowest BCUT2D eigenvalue weighted by Crippen LogP contribution is -2.26. The van der Waals surface area contributed by atoms with Gasteiger partial charge in [-0.25, -0.2) is 0 Å². The minimum Gasteiger partial charge on any atom is -0.353 e. The van der Waals surface area contributed by atoms with Crippen LogP contribution in [-0.4, -0.2) is 22.8 Å². The van der Waals surface area contributed by atoms with Crippen LogP contribution in [0.5, 0.6) is 0 Å². The first kappa shape index (κ1) is 16.6. The van der Waals surface area contributed by atoms with E-state index in [0.717, 1.165) is 18.4 Å². The molecule has 1 fully saturated rings. The molecule has 2 N–H and O–H groups in total. The highest BCUT2D eigenvalue weighted by Gasteiger charge is 2.23. The molecule has 0 unspecified atom stereocenters. The minimum atomic E-state index is -0.514. The summed E-state index contributed by atoms with van der Waals surface area (Å²) in [6, 6.07) is 12.8. The molecule has 0 saturated heterocycles. The Balaban J connectivity index is 1.57. The standard InChI is InChI=1S/C18H17N3O4/c22-17(19-14-7-8-14)11-12-1-5-15(6-2-12)20-18(23)13-3-9-16(10-4-13)21(24)25/h1-6,9-10,14H,7-8,11H2,(H,19,22)(H,20,23). The van der Waals surface area contributed by atoms with E-state index in [9.17, 15) is 19.7 Å². The number of anilines is 1. The van der Waals surface area contributed by atoms with Crippen LogP contribution in [-0.2, 0) is 11.2 Å². The van der Waals surface area contributed by atoms with Gasteiger partial charge in [0.25, 0.3) is 11.6 Å². The first-order chi connectivity index (χ1) is 12.0. The lowest BCUT2D eigenvalue weighted by Gasteiger charge is -2.07. The second-order valence-corrected chi connectivity index (χ2v) is 5.97.